The Hall–Kier alpha value is -0.740. The number of aromatic amines is 2. The van der Waals surface area contributed by atoms with E-state index in [4.69, 9.17) is 23.2 Å². The molecule has 0 saturated carbocycles. The molecule has 1 heterocycles. The first kappa shape index (κ1) is 7.37. The average Bonchev–Trinajstić information content (AvgIpc) is 1.84. The molecule has 54 valence electrons. The highest BCUT2D eigenvalue weighted by Gasteiger charge is 1.99. The van der Waals surface area contributed by atoms with E-state index >= 15 is 0 Å². The van der Waals surface area contributed by atoms with E-state index in [1.54, 1.807) is 0 Å². The number of rotatable bonds is 0. The van der Waals surface area contributed by atoms with Gasteiger partial charge in [0, 0.05) is 0 Å². The molecule has 2 N–H and O–H groups in total. The summed E-state index contributed by atoms with van der Waals surface area (Å²) >= 11 is 10.7. The lowest BCUT2D eigenvalue weighted by atomic mass is 10.7. The summed E-state index contributed by atoms with van der Waals surface area (Å²) < 4.78 is 0. The second-order valence-electron chi connectivity index (χ2n) is 1.54. The van der Waals surface area contributed by atoms with Crippen LogP contribution < -0.4 is 11.1 Å². The zero-order valence-electron chi connectivity index (χ0n) is 4.57. The smallest absolute Gasteiger partial charge is 0.306 e. The molecule has 0 spiro atoms. The fraction of sp³-hybridized carbons (Fsp3) is 0. The van der Waals surface area contributed by atoms with Crippen LogP contribution in [-0.4, -0.2) is 9.97 Å². The Labute approximate surface area is 64.8 Å². The van der Waals surface area contributed by atoms with Gasteiger partial charge in [0.15, 0.2) is 0 Å². The first-order chi connectivity index (χ1) is 4.61. The maximum atomic E-state index is 10.4. The van der Waals surface area contributed by atoms with Crippen LogP contribution in [0.15, 0.2) is 9.59 Å². The molecular formula is C4H2Cl2N2O2. The molecule has 4 nitrogen and oxygen atoms in total. The third kappa shape index (κ3) is 1.22. The highest BCUT2D eigenvalue weighted by Crippen LogP contribution is 2.10. The Morgan fingerprint density at radius 3 is 1.50 bits per heavy atom. The third-order valence-corrected chi connectivity index (χ3v) is 1.51. The van der Waals surface area contributed by atoms with Gasteiger partial charge < -0.3 is 9.97 Å². The van der Waals surface area contributed by atoms with Crippen molar-refractivity contribution < 1.29 is 0 Å². The lowest BCUT2D eigenvalue weighted by Crippen LogP contribution is -2.29. The lowest BCUT2D eigenvalue weighted by Gasteiger charge is -1.90. The van der Waals surface area contributed by atoms with Crippen LogP contribution >= 0.6 is 23.2 Å². The average molecular weight is 181 g/mol. The summed E-state index contributed by atoms with van der Waals surface area (Å²) in [6.07, 6.45) is 0. The van der Waals surface area contributed by atoms with E-state index in [1.807, 2.05) is 9.97 Å². The van der Waals surface area contributed by atoms with E-state index in [2.05, 4.69) is 0 Å². The number of halogens is 2. The van der Waals surface area contributed by atoms with Crippen molar-refractivity contribution in [1.29, 1.82) is 0 Å². The van der Waals surface area contributed by atoms with E-state index < -0.39 is 11.1 Å². The van der Waals surface area contributed by atoms with Crippen LogP contribution in [0.5, 0.6) is 0 Å². The van der Waals surface area contributed by atoms with Crippen LogP contribution in [-0.2, 0) is 0 Å². The molecule has 0 amide bonds. The van der Waals surface area contributed by atoms with E-state index in [9.17, 15) is 9.59 Å². The Morgan fingerprint density at radius 2 is 1.20 bits per heavy atom. The maximum absolute atomic E-state index is 10.4. The molecule has 0 aliphatic carbocycles. The molecule has 0 saturated heterocycles. The summed E-state index contributed by atoms with van der Waals surface area (Å²) in [6, 6.07) is 0. The molecule has 0 radical (unpaired) electrons. The van der Waals surface area contributed by atoms with Gasteiger partial charge in [-0.3, -0.25) is 9.59 Å². The Balaban J connectivity index is 3.59. The van der Waals surface area contributed by atoms with Crippen molar-refractivity contribution in [3.8, 4) is 0 Å². The second kappa shape index (κ2) is 2.48. The van der Waals surface area contributed by atoms with Crippen molar-refractivity contribution in [3.05, 3.63) is 31.0 Å². The molecule has 0 aliphatic heterocycles. The summed E-state index contributed by atoms with van der Waals surface area (Å²) in [5, 5.41) is -0.127. The van der Waals surface area contributed by atoms with Crippen molar-refractivity contribution in [2.24, 2.45) is 0 Å². The largest absolute Gasteiger partial charge is 0.314 e. The number of H-pyrrole nitrogens is 2. The summed E-state index contributed by atoms with van der Waals surface area (Å²) in [5.41, 5.74) is -1.62. The normalized spacial score (nSPS) is 9.80. The zero-order valence-corrected chi connectivity index (χ0v) is 6.08. The number of aromatic nitrogens is 2. The minimum Gasteiger partial charge on any atom is -0.306 e. The molecule has 1 rings (SSSR count). The maximum Gasteiger partial charge on any atom is 0.314 e. The van der Waals surface area contributed by atoms with Crippen molar-refractivity contribution in [1.82, 2.24) is 9.97 Å². The minimum absolute atomic E-state index is 0.0636. The summed E-state index contributed by atoms with van der Waals surface area (Å²) in [5.74, 6) is 0. The van der Waals surface area contributed by atoms with Gasteiger partial charge in [0.2, 0.25) is 0 Å². The molecule has 0 aromatic carbocycles. The van der Waals surface area contributed by atoms with E-state index in [0.717, 1.165) is 0 Å². The van der Waals surface area contributed by atoms with Gasteiger partial charge in [-0.05, 0) is 0 Å². The second-order valence-corrected chi connectivity index (χ2v) is 2.29. The first-order valence-corrected chi connectivity index (χ1v) is 3.04. The van der Waals surface area contributed by atoms with E-state index in [1.165, 1.54) is 0 Å². The lowest BCUT2D eigenvalue weighted by molar-refractivity contribution is 1.08. The minimum atomic E-state index is -0.811. The molecule has 0 bridgehead atoms. The molecule has 0 atom stereocenters. The summed E-state index contributed by atoms with van der Waals surface area (Å²) in [4.78, 5) is 25.0. The zero-order chi connectivity index (χ0) is 7.72. The van der Waals surface area contributed by atoms with Crippen LogP contribution in [0.3, 0.4) is 0 Å². The van der Waals surface area contributed by atoms with Crippen LogP contribution in [0.25, 0.3) is 0 Å². The van der Waals surface area contributed by atoms with Gasteiger partial charge >= 0.3 is 11.1 Å². The van der Waals surface area contributed by atoms with E-state index in [-0.39, 0.29) is 10.3 Å². The van der Waals surface area contributed by atoms with Gasteiger partial charge in [0.1, 0.15) is 10.3 Å². The highest BCUT2D eigenvalue weighted by molar-refractivity contribution is 6.40. The summed E-state index contributed by atoms with van der Waals surface area (Å²) in [6.45, 7) is 0. The van der Waals surface area contributed by atoms with Crippen molar-refractivity contribution >= 4 is 23.2 Å². The molecule has 10 heavy (non-hydrogen) atoms. The van der Waals surface area contributed by atoms with Crippen LogP contribution in [0.2, 0.25) is 10.3 Å². The molecule has 0 aliphatic rings. The molecule has 6 heteroatoms. The highest BCUT2D eigenvalue weighted by atomic mass is 35.5. The number of nitrogens with one attached hydrogen (secondary N) is 2. The Bertz CT molecular complexity index is 318. The molecule has 1 aromatic rings. The van der Waals surface area contributed by atoms with Gasteiger partial charge in [-0.15, -0.1) is 0 Å². The van der Waals surface area contributed by atoms with Gasteiger partial charge in [-0.1, -0.05) is 23.2 Å². The van der Waals surface area contributed by atoms with Crippen molar-refractivity contribution in [3.63, 3.8) is 0 Å². The van der Waals surface area contributed by atoms with E-state index in [0.29, 0.717) is 0 Å². The van der Waals surface area contributed by atoms with Crippen molar-refractivity contribution in [2.75, 3.05) is 0 Å². The fourth-order valence-electron chi connectivity index (χ4n) is 0.423. The number of hydrogen-bond acceptors (Lipinski definition) is 2. The standard InChI is InChI=1S/C4H2Cl2N2O2/c5-1-2(6)8-4(10)3(9)7-1/h(H,7,9)(H,8,10). The quantitative estimate of drug-likeness (QED) is 0.567. The first-order valence-electron chi connectivity index (χ1n) is 2.29. The van der Waals surface area contributed by atoms with Crippen LogP contribution in [0.4, 0.5) is 0 Å². The predicted octanol–water partition coefficient (Wildman–Crippen LogP) is 0.370. The van der Waals surface area contributed by atoms with Gasteiger partial charge in [-0.25, -0.2) is 0 Å². The molecule has 0 unspecified atom stereocenters. The third-order valence-electron chi connectivity index (χ3n) is 0.845. The molecule has 1 aromatic heterocycles. The van der Waals surface area contributed by atoms with Gasteiger partial charge in [0.25, 0.3) is 0 Å². The summed E-state index contributed by atoms with van der Waals surface area (Å²) in [7, 11) is 0. The van der Waals surface area contributed by atoms with Crippen molar-refractivity contribution in [2.45, 2.75) is 0 Å². The topological polar surface area (TPSA) is 65.7 Å². The van der Waals surface area contributed by atoms with Crippen LogP contribution in [0.1, 0.15) is 0 Å². The Morgan fingerprint density at radius 1 is 0.900 bits per heavy atom. The van der Waals surface area contributed by atoms with Crippen LogP contribution in [0, 0.1) is 0 Å². The Kier molecular flexibility index (Phi) is 1.82. The van der Waals surface area contributed by atoms with Gasteiger partial charge in [0.05, 0.1) is 0 Å². The molecular weight excluding hydrogens is 179 g/mol. The number of hydrogen-bond donors (Lipinski definition) is 2. The monoisotopic (exact) mass is 180 g/mol. The van der Waals surface area contributed by atoms with Gasteiger partial charge in [-0.2, -0.15) is 0 Å². The molecule has 0 fully saturated rings. The fourth-order valence-corrected chi connectivity index (χ4v) is 0.689. The SMILES string of the molecule is O=c1[nH]c(Cl)c(Cl)[nH]c1=O. The predicted molar refractivity (Wildman–Crippen MR) is 37.7 cm³/mol.